The maximum atomic E-state index is 12.1. The number of hydrogen-bond donors (Lipinski definition) is 1. The van der Waals surface area contributed by atoms with E-state index in [0.717, 1.165) is 21.9 Å². The van der Waals surface area contributed by atoms with Crippen molar-refractivity contribution in [2.75, 3.05) is 0 Å². The Bertz CT molecular complexity index is 551. The molecule has 2 aromatic heterocycles. The van der Waals surface area contributed by atoms with Crippen LogP contribution in [-0.2, 0) is 16.8 Å². The second kappa shape index (κ2) is 5.17. The first-order valence-corrected chi connectivity index (χ1v) is 7.05. The van der Waals surface area contributed by atoms with Crippen LogP contribution in [0.2, 0.25) is 0 Å². The topological polar surface area (TPSA) is 55.1 Å². The zero-order valence-corrected chi connectivity index (χ0v) is 12.4. The summed E-state index contributed by atoms with van der Waals surface area (Å²) < 4.78 is 5.17. The molecule has 0 unspecified atom stereocenters. The van der Waals surface area contributed by atoms with Crippen LogP contribution in [0.15, 0.2) is 22.0 Å². The van der Waals surface area contributed by atoms with Gasteiger partial charge in [0.05, 0.1) is 17.7 Å². The number of hydrogen-bond acceptors (Lipinski definition) is 4. The summed E-state index contributed by atoms with van der Waals surface area (Å²) in [5.74, 6) is 0.756. The Kier molecular flexibility index (Phi) is 3.75. The number of rotatable bonds is 4. The molecule has 2 aromatic rings. The summed E-state index contributed by atoms with van der Waals surface area (Å²) in [5.41, 5.74) is 1.29. The first-order chi connectivity index (χ1) is 8.90. The normalized spacial score (nSPS) is 11.6. The lowest BCUT2D eigenvalue weighted by Crippen LogP contribution is -2.42. The number of aromatic nitrogens is 1. The van der Waals surface area contributed by atoms with Crippen molar-refractivity contribution in [1.82, 2.24) is 10.5 Å². The maximum absolute atomic E-state index is 12.1. The maximum Gasteiger partial charge on any atom is 0.225 e. The lowest BCUT2D eigenvalue weighted by molar-refractivity contribution is -0.122. The van der Waals surface area contributed by atoms with Gasteiger partial charge in [-0.15, -0.1) is 11.3 Å². The van der Waals surface area contributed by atoms with Crippen LogP contribution in [0.5, 0.6) is 0 Å². The molecule has 0 aliphatic carbocycles. The smallest absolute Gasteiger partial charge is 0.225 e. The fourth-order valence-corrected chi connectivity index (χ4v) is 3.11. The van der Waals surface area contributed by atoms with E-state index in [1.54, 1.807) is 11.3 Å². The zero-order valence-electron chi connectivity index (χ0n) is 11.6. The van der Waals surface area contributed by atoms with E-state index in [4.69, 9.17) is 4.52 Å². The lowest BCUT2D eigenvalue weighted by atomic mass is 9.92. The van der Waals surface area contributed by atoms with Crippen LogP contribution in [0.1, 0.15) is 35.7 Å². The zero-order chi connectivity index (χ0) is 14.0. The van der Waals surface area contributed by atoms with Crippen LogP contribution in [0, 0.1) is 13.8 Å². The number of nitrogens with one attached hydrogen (secondary N) is 1. The third-order valence-electron chi connectivity index (χ3n) is 3.03. The third-order valence-corrected chi connectivity index (χ3v) is 3.90. The van der Waals surface area contributed by atoms with Crippen LogP contribution in [-0.4, -0.2) is 11.1 Å². The average Bonchev–Trinajstić information content (AvgIpc) is 2.88. The van der Waals surface area contributed by atoms with E-state index in [9.17, 15) is 4.79 Å². The predicted octanol–water partition coefficient (Wildman–Crippen LogP) is 2.95. The average molecular weight is 278 g/mol. The van der Waals surface area contributed by atoms with Crippen molar-refractivity contribution in [2.24, 2.45) is 0 Å². The Hall–Kier alpha value is -1.62. The standard InChI is InChI=1S/C14H18N2O2S/c1-9-13(10(2)18-16-9)14(3,4)15-12(17)8-11-6-5-7-19-11/h5-7H,8H2,1-4H3,(H,15,17). The highest BCUT2D eigenvalue weighted by molar-refractivity contribution is 7.10. The second-order valence-corrected chi connectivity index (χ2v) is 6.16. The van der Waals surface area contributed by atoms with Crippen molar-refractivity contribution < 1.29 is 9.32 Å². The highest BCUT2D eigenvalue weighted by atomic mass is 32.1. The molecule has 19 heavy (non-hydrogen) atoms. The molecular formula is C14H18N2O2S. The van der Waals surface area contributed by atoms with Crippen LogP contribution in [0.4, 0.5) is 0 Å². The van der Waals surface area contributed by atoms with Crippen molar-refractivity contribution in [2.45, 2.75) is 39.7 Å². The largest absolute Gasteiger partial charge is 0.361 e. The van der Waals surface area contributed by atoms with Crippen molar-refractivity contribution in [3.05, 3.63) is 39.4 Å². The molecule has 0 bridgehead atoms. The highest BCUT2D eigenvalue weighted by Crippen LogP contribution is 2.26. The summed E-state index contributed by atoms with van der Waals surface area (Å²) in [7, 11) is 0. The molecule has 1 amide bonds. The molecule has 4 nitrogen and oxygen atoms in total. The van der Waals surface area contributed by atoms with Crippen LogP contribution in [0.3, 0.4) is 0 Å². The molecule has 0 atom stereocenters. The number of nitrogens with zero attached hydrogens (tertiary/aromatic N) is 1. The van der Waals surface area contributed by atoms with Gasteiger partial charge in [0, 0.05) is 10.4 Å². The number of thiophene rings is 1. The van der Waals surface area contributed by atoms with Gasteiger partial charge in [-0.3, -0.25) is 4.79 Å². The Labute approximate surface area is 116 Å². The van der Waals surface area contributed by atoms with Gasteiger partial charge in [-0.05, 0) is 39.1 Å². The highest BCUT2D eigenvalue weighted by Gasteiger charge is 2.29. The van der Waals surface area contributed by atoms with Crippen LogP contribution in [0.25, 0.3) is 0 Å². The SMILES string of the molecule is Cc1noc(C)c1C(C)(C)NC(=O)Cc1cccs1. The Balaban J connectivity index is 2.11. The molecule has 2 rings (SSSR count). The summed E-state index contributed by atoms with van der Waals surface area (Å²) in [5, 5.41) is 8.96. The van der Waals surface area contributed by atoms with Gasteiger partial charge in [0.1, 0.15) is 5.76 Å². The first kappa shape index (κ1) is 13.8. The summed E-state index contributed by atoms with van der Waals surface area (Å²) in [4.78, 5) is 13.2. The van der Waals surface area contributed by atoms with Crippen molar-refractivity contribution in [1.29, 1.82) is 0 Å². The fourth-order valence-electron chi connectivity index (χ4n) is 2.40. The van der Waals surface area contributed by atoms with E-state index in [2.05, 4.69) is 10.5 Å². The van der Waals surface area contributed by atoms with Crippen molar-refractivity contribution >= 4 is 17.2 Å². The summed E-state index contributed by atoms with van der Waals surface area (Å²) in [6, 6.07) is 3.92. The lowest BCUT2D eigenvalue weighted by Gasteiger charge is -2.26. The molecule has 0 aliphatic rings. The minimum absolute atomic E-state index is 0.00690. The summed E-state index contributed by atoms with van der Waals surface area (Å²) in [6.07, 6.45) is 0.407. The van der Waals surface area contributed by atoms with Gasteiger partial charge >= 0.3 is 0 Å². The van der Waals surface area contributed by atoms with E-state index >= 15 is 0 Å². The third kappa shape index (κ3) is 3.04. The van der Waals surface area contributed by atoms with E-state index in [1.807, 2.05) is 45.2 Å². The number of amides is 1. The van der Waals surface area contributed by atoms with E-state index < -0.39 is 5.54 Å². The predicted molar refractivity (Wildman–Crippen MR) is 75.2 cm³/mol. The monoisotopic (exact) mass is 278 g/mol. The Morgan fingerprint density at radius 2 is 2.21 bits per heavy atom. The van der Waals surface area contributed by atoms with Gasteiger partial charge in [-0.1, -0.05) is 11.2 Å². The molecule has 0 saturated carbocycles. The van der Waals surface area contributed by atoms with Gasteiger partial charge in [-0.25, -0.2) is 0 Å². The molecular weight excluding hydrogens is 260 g/mol. The van der Waals surface area contributed by atoms with Crippen LogP contribution >= 0.6 is 11.3 Å². The minimum Gasteiger partial charge on any atom is -0.361 e. The summed E-state index contributed by atoms with van der Waals surface area (Å²) in [6.45, 7) is 7.68. The van der Waals surface area contributed by atoms with Gasteiger partial charge in [-0.2, -0.15) is 0 Å². The molecule has 5 heteroatoms. The van der Waals surface area contributed by atoms with E-state index in [1.165, 1.54) is 0 Å². The molecule has 0 spiro atoms. The molecule has 102 valence electrons. The molecule has 2 heterocycles. The molecule has 0 saturated heterocycles. The Morgan fingerprint density at radius 1 is 1.47 bits per heavy atom. The van der Waals surface area contributed by atoms with Gasteiger partial charge in [0.25, 0.3) is 0 Å². The minimum atomic E-state index is -0.484. The number of carbonyl (C=O) groups excluding carboxylic acids is 1. The first-order valence-electron chi connectivity index (χ1n) is 6.17. The molecule has 1 N–H and O–H groups in total. The Morgan fingerprint density at radius 3 is 2.74 bits per heavy atom. The van der Waals surface area contributed by atoms with Gasteiger partial charge in [0.15, 0.2) is 0 Å². The molecule has 0 aliphatic heterocycles. The van der Waals surface area contributed by atoms with Crippen molar-refractivity contribution in [3.8, 4) is 0 Å². The van der Waals surface area contributed by atoms with Crippen molar-refractivity contribution in [3.63, 3.8) is 0 Å². The second-order valence-electron chi connectivity index (χ2n) is 5.13. The molecule has 0 aromatic carbocycles. The van der Waals surface area contributed by atoms with E-state index in [0.29, 0.717) is 6.42 Å². The van der Waals surface area contributed by atoms with Gasteiger partial charge < -0.3 is 9.84 Å². The quantitative estimate of drug-likeness (QED) is 0.935. The van der Waals surface area contributed by atoms with Gasteiger partial charge in [0.2, 0.25) is 5.91 Å². The van der Waals surface area contributed by atoms with Crippen LogP contribution < -0.4 is 5.32 Å². The molecule has 0 fully saturated rings. The number of aryl methyl sites for hydroxylation is 2. The fraction of sp³-hybridized carbons (Fsp3) is 0.429. The van der Waals surface area contributed by atoms with E-state index in [-0.39, 0.29) is 5.91 Å². The molecule has 0 radical (unpaired) electrons. The summed E-state index contributed by atoms with van der Waals surface area (Å²) >= 11 is 1.59. The number of carbonyl (C=O) groups is 1.